The molecule has 3 N–H and O–H groups in total. The topological polar surface area (TPSA) is 76.4 Å². The number of nitrogens with two attached hydrogens (primary N) is 1. The number of hydrazine groups is 1. The van der Waals surface area contributed by atoms with Gasteiger partial charge >= 0.3 is 0 Å². The molecule has 0 radical (unpaired) electrons. The largest absolute Gasteiger partial charge is 0.364 e. The van der Waals surface area contributed by atoms with Crippen LogP contribution in [0.3, 0.4) is 0 Å². The van der Waals surface area contributed by atoms with Crippen LogP contribution in [0.4, 0.5) is 0 Å². The number of hydrogen-bond acceptors (Lipinski definition) is 4. The molecule has 0 atom stereocenters. The number of rotatable bonds is 2. The van der Waals surface area contributed by atoms with Crippen LogP contribution in [0.15, 0.2) is 21.8 Å². The van der Waals surface area contributed by atoms with E-state index in [-0.39, 0.29) is 0 Å². The molecular formula is C7H10N4O. The highest BCUT2D eigenvalue weighted by atomic mass is 16.5. The van der Waals surface area contributed by atoms with Crippen molar-refractivity contribution in [1.29, 1.82) is 0 Å². The van der Waals surface area contributed by atoms with E-state index in [2.05, 4.69) is 20.1 Å². The summed E-state index contributed by atoms with van der Waals surface area (Å²) < 4.78 is 4.67. The molecule has 1 heterocycles. The summed E-state index contributed by atoms with van der Waals surface area (Å²) in [6.45, 7) is 0. The Kier molecular flexibility index (Phi) is 1.79. The number of hydrogen-bond donors (Lipinski definition) is 2. The smallest absolute Gasteiger partial charge is 0.165 e. The maximum atomic E-state index is 5.28. The molecule has 0 amide bonds. The van der Waals surface area contributed by atoms with Crippen LogP contribution in [0.2, 0.25) is 0 Å². The molecule has 1 fully saturated rings. The van der Waals surface area contributed by atoms with Crippen molar-refractivity contribution < 1.29 is 4.52 Å². The van der Waals surface area contributed by atoms with Crippen LogP contribution in [0.25, 0.3) is 0 Å². The van der Waals surface area contributed by atoms with Gasteiger partial charge in [0, 0.05) is 6.07 Å². The Labute approximate surface area is 69.6 Å². The van der Waals surface area contributed by atoms with Crippen LogP contribution < -0.4 is 11.3 Å². The fourth-order valence-electron chi connectivity index (χ4n) is 0.898. The molecule has 1 saturated carbocycles. The molecular weight excluding hydrogens is 156 g/mol. The van der Waals surface area contributed by atoms with Gasteiger partial charge in [-0.3, -0.25) is 4.99 Å². The molecule has 5 nitrogen and oxygen atoms in total. The van der Waals surface area contributed by atoms with Crippen molar-refractivity contribution in [2.24, 2.45) is 10.8 Å². The van der Waals surface area contributed by atoms with Crippen LogP contribution in [0, 0.1) is 0 Å². The van der Waals surface area contributed by atoms with E-state index >= 15 is 0 Å². The summed E-state index contributed by atoms with van der Waals surface area (Å²) in [5.41, 5.74) is 3.16. The summed E-state index contributed by atoms with van der Waals surface area (Å²) in [5.74, 6) is 5.88. The number of nitrogens with one attached hydrogen (secondary N) is 1. The summed E-state index contributed by atoms with van der Waals surface area (Å²) in [6.07, 6.45) is 3.78. The maximum absolute atomic E-state index is 5.28. The minimum atomic E-state index is 0.424. The third-order valence-electron chi connectivity index (χ3n) is 1.68. The number of nitrogens with zero attached hydrogens (tertiary/aromatic N) is 2. The normalized spacial score (nSPS) is 17.9. The SMILES string of the molecule is NNC(=NC1CC1)c1ccon1. The molecule has 1 aliphatic carbocycles. The molecule has 1 aromatic heterocycles. The van der Waals surface area contributed by atoms with Crippen molar-refractivity contribution in [3.63, 3.8) is 0 Å². The van der Waals surface area contributed by atoms with E-state index < -0.39 is 0 Å². The summed E-state index contributed by atoms with van der Waals surface area (Å²) in [6, 6.07) is 2.15. The first-order valence-corrected chi connectivity index (χ1v) is 3.85. The molecule has 1 aromatic rings. The molecule has 1 aliphatic rings. The molecule has 0 aromatic carbocycles. The Hall–Kier alpha value is -1.36. The second kappa shape index (κ2) is 2.94. The summed E-state index contributed by atoms with van der Waals surface area (Å²) >= 11 is 0. The predicted molar refractivity (Wildman–Crippen MR) is 43.4 cm³/mol. The Morgan fingerprint density at radius 2 is 2.58 bits per heavy atom. The van der Waals surface area contributed by atoms with E-state index in [1.54, 1.807) is 6.07 Å². The van der Waals surface area contributed by atoms with Gasteiger partial charge in [0.15, 0.2) is 5.84 Å². The average molecular weight is 166 g/mol. The minimum absolute atomic E-state index is 0.424. The Morgan fingerprint density at radius 1 is 1.75 bits per heavy atom. The predicted octanol–water partition coefficient (Wildman–Crippen LogP) is 0.0469. The third-order valence-corrected chi connectivity index (χ3v) is 1.68. The maximum Gasteiger partial charge on any atom is 0.165 e. The van der Waals surface area contributed by atoms with E-state index in [0.717, 1.165) is 12.8 Å². The minimum Gasteiger partial charge on any atom is -0.364 e. The lowest BCUT2D eigenvalue weighted by atomic mass is 10.4. The quantitative estimate of drug-likeness (QED) is 0.281. The molecule has 0 unspecified atom stereocenters. The van der Waals surface area contributed by atoms with E-state index in [1.165, 1.54) is 6.26 Å². The highest BCUT2D eigenvalue weighted by Crippen LogP contribution is 2.23. The zero-order valence-corrected chi connectivity index (χ0v) is 6.53. The summed E-state index contributed by atoms with van der Waals surface area (Å²) in [4.78, 5) is 4.31. The summed E-state index contributed by atoms with van der Waals surface area (Å²) in [7, 11) is 0. The van der Waals surface area contributed by atoms with E-state index in [1.807, 2.05) is 0 Å². The fraction of sp³-hybridized carbons (Fsp3) is 0.429. The molecule has 0 spiro atoms. The van der Waals surface area contributed by atoms with Crippen LogP contribution in [-0.4, -0.2) is 17.0 Å². The summed E-state index contributed by atoms with van der Waals surface area (Å²) in [5, 5.41) is 3.72. The zero-order valence-electron chi connectivity index (χ0n) is 6.53. The van der Waals surface area contributed by atoms with Gasteiger partial charge < -0.3 is 9.95 Å². The molecule has 5 heteroatoms. The van der Waals surface area contributed by atoms with E-state index in [9.17, 15) is 0 Å². The van der Waals surface area contributed by atoms with Gasteiger partial charge in [-0.25, -0.2) is 5.84 Å². The van der Waals surface area contributed by atoms with Gasteiger partial charge in [0.2, 0.25) is 0 Å². The Balaban J connectivity index is 2.17. The number of amidine groups is 1. The van der Waals surface area contributed by atoms with Crippen LogP contribution in [0.1, 0.15) is 18.5 Å². The van der Waals surface area contributed by atoms with E-state index in [4.69, 9.17) is 5.84 Å². The Bertz CT molecular complexity index is 276. The van der Waals surface area contributed by atoms with Crippen molar-refractivity contribution in [3.05, 3.63) is 18.0 Å². The lowest BCUT2D eigenvalue weighted by molar-refractivity contribution is 0.418. The van der Waals surface area contributed by atoms with Crippen LogP contribution in [0.5, 0.6) is 0 Å². The van der Waals surface area contributed by atoms with Gasteiger partial charge in [-0.1, -0.05) is 5.16 Å². The zero-order chi connectivity index (χ0) is 8.39. The van der Waals surface area contributed by atoms with Gasteiger partial charge in [-0.15, -0.1) is 0 Å². The van der Waals surface area contributed by atoms with E-state index in [0.29, 0.717) is 17.6 Å². The standard InChI is InChI=1S/C7H10N4O/c8-10-7(9-5-1-2-5)6-3-4-12-11-6/h3-5H,1-2,8H2,(H,9,10). The lowest BCUT2D eigenvalue weighted by Gasteiger charge is -1.99. The van der Waals surface area contributed by atoms with Crippen molar-refractivity contribution in [2.45, 2.75) is 18.9 Å². The van der Waals surface area contributed by atoms with Gasteiger partial charge in [-0.05, 0) is 12.8 Å². The molecule has 12 heavy (non-hydrogen) atoms. The molecule has 0 saturated heterocycles. The first-order chi connectivity index (χ1) is 5.90. The fourth-order valence-corrected chi connectivity index (χ4v) is 0.898. The molecule has 64 valence electrons. The molecule has 2 rings (SSSR count). The Morgan fingerprint density at radius 3 is 3.08 bits per heavy atom. The first-order valence-electron chi connectivity index (χ1n) is 3.85. The molecule has 0 bridgehead atoms. The van der Waals surface area contributed by atoms with Crippen molar-refractivity contribution in [3.8, 4) is 0 Å². The van der Waals surface area contributed by atoms with Gasteiger partial charge in [0.25, 0.3) is 0 Å². The van der Waals surface area contributed by atoms with Crippen molar-refractivity contribution in [1.82, 2.24) is 10.6 Å². The highest BCUT2D eigenvalue weighted by Gasteiger charge is 2.21. The van der Waals surface area contributed by atoms with Crippen LogP contribution in [-0.2, 0) is 0 Å². The van der Waals surface area contributed by atoms with Crippen LogP contribution >= 0.6 is 0 Å². The third kappa shape index (κ3) is 1.45. The number of aliphatic imine (C=N–C) groups is 1. The monoisotopic (exact) mass is 166 g/mol. The first kappa shape index (κ1) is 7.30. The molecule has 0 aliphatic heterocycles. The van der Waals surface area contributed by atoms with Crippen molar-refractivity contribution in [2.75, 3.05) is 0 Å². The second-order valence-corrected chi connectivity index (χ2v) is 2.74. The highest BCUT2D eigenvalue weighted by molar-refractivity contribution is 5.96. The second-order valence-electron chi connectivity index (χ2n) is 2.74. The average Bonchev–Trinajstić information content (AvgIpc) is 2.74. The van der Waals surface area contributed by atoms with Gasteiger partial charge in [0.05, 0.1) is 6.04 Å². The lowest BCUT2D eigenvalue weighted by Crippen LogP contribution is -2.31. The van der Waals surface area contributed by atoms with Crippen molar-refractivity contribution >= 4 is 5.84 Å². The number of aromatic nitrogens is 1. The van der Waals surface area contributed by atoms with Gasteiger partial charge in [0.1, 0.15) is 12.0 Å². The van der Waals surface area contributed by atoms with Gasteiger partial charge in [-0.2, -0.15) is 0 Å².